The van der Waals surface area contributed by atoms with Gasteiger partial charge < -0.3 is 15.1 Å². The van der Waals surface area contributed by atoms with Crippen LogP contribution < -0.4 is 10.6 Å². The molecular formula is C18H25FN4O. The molecule has 1 unspecified atom stereocenters. The van der Waals surface area contributed by atoms with E-state index in [2.05, 4.69) is 41.4 Å². The first-order valence-corrected chi connectivity index (χ1v) is 8.17. The van der Waals surface area contributed by atoms with Crippen LogP contribution in [-0.4, -0.2) is 30.6 Å². The standard InChI is InChI=1S/C18H25FN4O/c1-12(2)13(3)22-18(20-4)21-10-9-16-11-24-17(23-16)14-5-7-15(19)8-6-14/h5-8,11-13H,9-10H2,1-4H3,(H2,20,21,22). The molecule has 6 heteroatoms. The van der Waals surface area contributed by atoms with Crippen molar-refractivity contribution in [1.29, 1.82) is 0 Å². The lowest BCUT2D eigenvalue weighted by atomic mass is 10.1. The van der Waals surface area contributed by atoms with E-state index in [4.69, 9.17) is 4.42 Å². The number of halogens is 1. The molecular weight excluding hydrogens is 307 g/mol. The number of nitrogens with zero attached hydrogens (tertiary/aromatic N) is 2. The highest BCUT2D eigenvalue weighted by Gasteiger charge is 2.10. The maximum atomic E-state index is 12.9. The zero-order chi connectivity index (χ0) is 17.5. The van der Waals surface area contributed by atoms with Crippen molar-refractivity contribution < 1.29 is 8.81 Å². The van der Waals surface area contributed by atoms with Gasteiger partial charge in [-0.1, -0.05) is 13.8 Å². The number of aromatic nitrogens is 1. The van der Waals surface area contributed by atoms with Gasteiger partial charge in [0.15, 0.2) is 5.96 Å². The third-order valence-corrected chi connectivity index (χ3v) is 3.90. The minimum absolute atomic E-state index is 0.274. The molecule has 1 atom stereocenters. The highest BCUT2D eigenvalue weighted by atomic mass is 19.1. The summed E-state index contributed by atoms with van der Waals surface area (Å²) in [5.41, 5.74) is 1.60. The largest absolute Gasteiger partial charge is 0.444 e. The van der Waals surface area contributed by atoms with Crippen molar-refractivity contribution in [2.45, 2.75) is 33.2 Å². The van der Waals surface area contributed by atoms with Gasteiger partial charge in [-0.3, -0.25) is 4.99 Å². The Morgan fingerprint density at radius 2 is 1.96 bits per heavy atom. The fourth-order valence-corrected chi connectivity index (χ4v) is 2.03. The van der Waals surface area contributed by atoms with E-state index in [9.17, 15) is 4.39 Å². The fourth-order valence-electron chi connectivity index (χ4n) is 2.03. The number of guanidine groups is 1. The van der Waals surface area contributed by atoms with Gasteiger partial charge in [-0.15, -0.1) is 0 Å². The Hall–Kier alpha value is -2.37. The summed E-state index contributed by atoms with van der Waals surface area (Å²) in [5, 5.41) is 6.62. The third-order valence-electron chi connectivity index (χ3n) is 3.90. The molecule has 0 bridgehead atoms. The Morgan fingerprint density at radius 3 is 2.58 bits per heavy atom. The van der Waals surface area contributed by atoms with E-state index >= 15 is 0 Å². The molecule has 0 amide bonds. The quantitative estimate of drug-likeness (QED) is 0.630. The number of hydrogen-bond donors (Lipinski definition) is 2. The molecule has 24 heavy (non-hydrogen) atoms. The molecule has 0 saturated carbocycles. The van der Waals surface area contributed by atoms with E-state index in [-0.39, 0.29) is 5.82 Å². The summed E-state index contributed by atoms with van der Waals surface area (Å²) in [7, 11) is 1.76. The van der Waals surface area contributed by atoms with Gasteiger partial charge in [0.05, 0.1) is 5.69 Å². The van der Waals surface area contributed by atoms with Gasteiger partial charge in [0.2, 0.25) is 5.89 Å². The predicted octanol–water partition coefficient (Wildman–Crippen LogP) is 3.23. The Balaban J connectivity index is 1.85. The van der Waals surface area contributed by atoms with E-state index < -0.39 is 0 Å². The Labute approximate surface area is 142 Å². The summed E-state index contributed by atoms with van der Waals surface area (Å²) in [6.45, 7) is 7.15. The Kier molecular flexibility index (Phi) is 6.35. The van der Waals surface area contributed by atoms with Crippen molar-refractivity contribution in [3.63, 3.8) is 0 Å². The van der Waals surface area contributed by atoms with Crippen LogP contribution in [0.4, 0.5) is 4.39 Å². The number of nitrogens with one attached hydrogen (secondary N) is 2. The molecule has 130 valence electrons. The Bertz CT molecular complexity index is 664. The van der Waals surface area contributed by atoms with Gasteiger partial charge in [0.1, 0.15) is 12.1 Å². The lowest BCUT2D eigenvalue weighted by Gasteiger charge is -2.20. The number of rotatable bonds is 6. The number of oxazole rings is 1. The molecule has 1 heterocycles. The second kappa shape index (κ2) is 8.47. The molecule has 1 aromatic heterocycles. The summed E-state index contributed by atoms with van der Waals surface area (Å²) in [6.07, 6.45) is 2.34. The van der Waals surface area contributed by atoms with Crippen molar-refractivity contribution in [1.82, 2.24) is 15.6 Å². The average Bonchev–Trinajstić information content (AvgIpc) is 3.03. The maximum absolute atomic E-state index is 12.9. The highest BCUT2D eigenvalue weighted by Crippen LogP contribution is 2.18. The molecule has 0 aliphatic heterocycles. The van der Waals surface area contributed by atoms with Gasteiger partial charge in [0, 0.05) is 31.6 Å². The summed E-state index contributed by atoms with van der Waals surface area (Å²) < 4.78 is 18.4. The minimum Gasteiger partial charge on any atom is -0.444 e. The molecule has 0 aliphatic carbocycles. The van der Waals surface area contributed by atoms with Crippen LogP contribution >= 0.6 is 0 Å². The number of aliphatic imine (C=N–C) groups is 1. The Morgan fingerprint density at radius 1 is 1.25 bits per heavy atom. The monoisotopic (exact) mass is 332 g/mol. The van der Waals surface area contributed by atoms with Crippen molar-refractivity contribution in [2.75, 3.05) is 13.6 Å². The second-order valence-corrected chi connectivity index (χ2v) is 6.08. The van der Waals surface area contributed by atoms with E-state index in [1.54, 1.807) is 25.4 Å². The minimum atomic E-state index is -0.274. The molecule has 0 radical (unpaired) electrons. The first-order chi connectivity index (χ1) is 11.5. The van der Waals surface area contributed by atoms with Gasteiger partial charge in [0.25, 0.3) is 0 Å². The van der Waals surface area contributed by atoms with Gasteiger partial charge >= 0.3 is 0 Å². The predicted molar refractivity (Wildman–Crippen MR) is 94.4 cm³/mol. The molecule has 0 saturated heterocycles. The van der Waals surface area contributed by atoms with Crippen LogP contribution in [0.5, 0.6) is 0 Å². The number of hydrogen-bond acceptors (Lipinski definition) is 3. The lowest BCUT2D eigenvalue weighted by Crippen LogP contribution is -2.44. The molecule has 5 nitrogen and oxygen atoms in total. The zero-order valence-corrected chi connectivity index (χ0v) is 14.6. The molecule has 2 aromatic rings. The van der Waals surface area contributed by atoms with Crippen LogP contribution in [0.25, 0.3) is 11.5 Å². The van der Waals surface area contributed by atoms with E-state index in [0.717, 1.165) is 17.2 Å². The third kappa shape index (κ3) is 5.08. The normalized spacial score (nSPS) is 13.2. The van der Waals surface area contributed by atoms with E-state index in [1.807, 2.05) is 0 Å². The lowest BCUT2D eigenvalue weighted by molar-refractivity contribution is 0.481. The molecule has 0 spiro atoms. The summed E-state index contributed by atoms with van der Waals surface area (Å²) in [6, 6.07) is 6.44. The SMILES string of the molecule is CN=C(NCCc1coc(-c2ccc(F)cc2)n1)NC(C)C(C)C. The molecule has 0 aliphatic rings. The first-order valence-electron chi connectivity index (χ1n) is 8.17. The van der Waals surface area contributed by atoms with Crippen LogP contribution in [0.3, 0.4) is 0 Å². The van der Waals surface area contributed by atoms with E-state index in [1.165, 1.54) is 12.1 Å². The van der Waals surface area contributed by atoms with Crippen molar-refractivity contribution in [2.24, 2.45) is 10.9 Å². The summed E-state index contributed by atoms with van der Waals surface area (Å²) in [5.74, 6) is 1.53. The van der Waals surface area contributed by atoms with Crippen molar-refractivity contribution >= 4 is 5.96 Å². The van der Waals surface area contributed by atoms with Crippen LogP contribution in [0.1, 0.15) is 26.5 Å². The topological polar surface area (TPSA) is 62.5 Å². The van der Waals surface area contributed by atoms with Crippen LogP contribution in [-0.2, 0) is 6.42 Å². The smallest absolute Gasteiger partial charge is 0.226 e. The molecule has 0 fully saturated rings. The summed E-state index contributed by atoms with van der Waals surface area (Å²) in [4.78, 5) is 8.65. The molecule has 1 aromatic carbocycles. The van der Waals surface area contributed by atoms with Gasteiger partial charge in [-0.2, -0.15) is 0 Å². The fraction of sp³-hybridized carbons (Fsp3) is 0.444. The molecule has 2 N–H and O–H groups in total. The summed E-state index contributed by atoms with van der Waals surface area (Å²) >= 11 is 0. The van der Waals surface area contributed by atoms with Crippen molar-refractivity contribution in [3.8, 4) is 11.5 Å². The van der Waals surface area contributed by atoms with Crippen molar-refractivity contribution in [3.05, 3.63) is 42.0 Å². The maximum Gasteiger partial charge on any atom is 0.226 e. The second-order valence-electron chi connectivity index (χ2n) is 6.08. The van der Waals surface area contributed by atoms with E-state index in [0.29, 0.717) is 30.8 Å². The van der Waals surface area contributed by atoms with Crippen LogP contribution in [0, 0.1) is 11.7 Å². The number of benzene rings is 1. The molecule has 2 rings (SSSR count). The van der Waals surface area contributed by atoms with Gasteiger partial charge in [-0.05, 0) is 37.1 Å². The van der Waals surface area contributed by atoms with Crippen LogP contribution in [0.2, 0.25) is 0 Å². The highest BCUT2D eigenvalue weighted by molar-refractivity contribution is 5.79. The van der Waals surface area contributed by atoms with Crippen LogP contribution in [0.15, 0.2) is 39.9 Å². The van der Waals surface area contributed by atoms with Gasteiger partial charge in [-0.25, -0.2) is 9.37 Å². The zero-order valence-electron chi connectivity index (χ0n) is 14.6. The average molecular weight is 332 g/mol. The first kappa shape index (κ1) is 18.0.